The monoisotopic (exact) mass is 421 g/mol. The number of rotatable bonds is 4. The molecule has 3 aliphatic heterocycles. The Labute approximate surface area is 180 Å². The van der Waals surface area contributed by atoms with Crippen LogP contribution in [0.15, 0.2) is 53.5 Å². The number of likely N-dealkylation sites (N-methyl/N-ethyl adjacent to an activating group) is 1. The van der Waals surface area contributed by atoms with Gasteiger partial charge >= 0.3 is 6.03 Å². The van der Waals surface area contributed by atoms with Crippen LogP contribution in [-0.4, -0.2) is 64.9 Å². The second kappa shape index (κ2) is 7.37. The van der Waals surface area contributed by atoms with Crippen LogP contribution in [0.5, 0.6) is 0 Å². The first-order valence-electron chi connectivity index (χ1n) is 10.5. The van der Waals surface area contributed by atoms with Gasteiger partial charge in [0.05, 0.1) is 6.54 Å². The number of nitrogens with zero attached hydrogens (tertiary/aromatic N) is 5. The van der Waals surface area contributed by atoms with Crippen LogP contribution in [0.3, 0.4) is 0 Å². The Morgan fingerprint density at radius 3 is 2.52 bits per heavy atom. The molecule has 0 bridgehead atoms. The summed E-state index contributed by atoms with van der Waals surface area (Å²) in [6.07, 6.45) is 0.390. The van der Waals surface area contributed by atoms with Crippen molar-refractivity contribution < 1.29 is 14.0 Å². The van der Waals surface area contributed by atoms with Crippen molar-refractivity contribution in [3.05, 3.63) is 65.5 Å². The number of halogens is 1. The van der Waals surface area contributed by atoms with Crippen molar-refractivity contribution in [2.75, 3.05) is 25.0 Å². The number of amides is 3. The molecule has 3 aliphatic rings. The first-order valence-corrected chi connectivity index (χ1v) is 10.5. The van der Waals surface area contributed by atoms with E-state index < -0.39 is 24.1 Å². The van der Waals surface area contributed by atoms with E-state index in [-0.39, 0.29) is 12.5 Å². The number of fused-ring (bicyclic) bond motifs is 3. The lowest BCUT2D eigenvalue weighted by Crippen LogP contribution is -2.64. The molecule has 0 N–H and O–H groups in total. The maximum absolute atomic E-state index is 14.2. The van der Waals surface area contributed by atoms with Gasteiger partial charge in [-0.1, -0.05) is 37.3 Å². The van der Waals surface area contributed by atoms with Crippen molar-refractivity contribution in [1.82, 2.24) is 14.7 Å². The minimum absolute atomic E-state index is 0.0940. The molecule has 0 aromatic heterocycles. The summed E-state index contributed by atoms with van der Waals surface area (Å²) in [6, 6.07) is 13.5. The summed E-state index contributed by atoms with van der Waals surface area (Å²) in [4.78, 5) is 37.8. The molecule has 2 unspecified atom stereocenters. The molecule has 2 aromatic carbocycles. The Morgan fingerprint density at radius 2 is 1.81 bits per heavy atom. The Balaban J connectivity index is 1.43. The van der Waals surface area contributed by atoms with E-state index in [1.165, 1.54) is 16.5 Å². The molecule has 5 rings (SSSR count). The molecule has 2 aromatic rings. The summed E-state index contributed by atoms with van der Waals surface area (Å²) in [7, 11) is 1.65. The molecule has 0 saturated carbocycles. The van der Waals surface area contributed by atoms with Crippen molar-refractivity contribution >= 4 is 23.6 Å². The van der Waals surface area contributed by atoms with E-state index >= 15 is 0 Å². The van der Waals surface area contributed by atoms with Crippen molar-refractivity contribution in [3.8, 4) is 0 Å². The van der Waals surface area contributed by atoms with Crippen LogP contribution in [-0.2, 0) is 17.8 Å². The predicted octanol–water partition coefficient (Wildman–Crippen LogP) is 2.67. The number of benzene rings is 2. The van der Waals surface area contributed by atoms with Gasteiger partial charge in [-0.25, -0.2) is 14.2 Å². The number of guanidine groups is 1. The van der Waals surface area contributed by atoms with E-state index in [0.29, 0.717) is 24.6 Å². The third kappa shape index (κ3) is 3.05. The van der Waals surface area contributed by atoms with E-state index in [2.05, 4.69) is 36.1 Å². The van der Waals surface area contributed by atoms with Gasteiger partial charge in [-0.3, -0.25) is 9.69 Å². The van der Waals surface area contributed by atoms with Gasteiger partial charge in [0.1, 0.15) is 5.82 Å². The number of carbonyl (C=O) groups is 2. The van der Waals surface area contributed by atoms with Gasteiger partial charge in [-0.05, 0) is 30.2 Å². The fourth-order valence-electron chi connectivity index (χ4n) is 4.54. The SMILES string of the molecule is CCc1ccc(N2CCN3C2=NC2C3C(=O)N(Cc3ccccc3F)C(=O)N2C)cc1. The minimum Gasteiger partial charge on any atom is -0.325 e. The van der Waals surface area contributed by atoms with E-state index in [1.54, 1.807) is 25.2 Å². The fourth-order valence-corrected chi connectivity index (χ4v) is 4.54. The molecule has 160 valence electrons. The third-order valence-electron chi connectivity index (χ3n) is 6.32. The first-order chi connectivity index (χ1) is 15.0. The van der Waals surface area contributed by atoms with Crippen LogP contribution in [0.25, 0.3) is 0 Å². The van der Waals surface area contributed by atoms with Crippen LogP contribution in [0, 0.1) is 5.82 Å². The molecule has 0 radical (unpaired) electrons. The van der Waals surface area contributed by atoms with E-state index in [1.807, 2.05) is 4.90 Å². The summed E-state index contributed by atoms with van der Waals surface area (Å²) >= 11 is 0. The zero-order valence-corrected chi connectivity index (χ0v) is 17.5. The molecular formula is C23H24FN5O2. The molecule has 31 heavy (non-hydrogen) atoms. The van der Waals surface area contributed by atoms with Gasteiger partial charge in [0.15, 0.2) is 12.2 Å². The quantitative estimate of drug-likeness (QED) is 0.762. The average Bonchev–Trinajstić information content (AvgIpc) is 3.36. The number of anilines is 1. The zero-order chi connectivity index (χ0) is 21.7. The maximum atomic E-state index is 14.2. The van der Waals surface area contributed by atoms with E-state index in [4.69, 9.17) is 4.99 Å². The fraction of sp³-hybridized carbons (Fsp3) is 0.348. The second-order valence-corrected chi connectivity index (χ2v) is 8.06. The Kier molecular flexibility index (Phi) is 4.64. The van der Waals surface area contributed by atoms with Gasteiger partial charge in [0.2, 0.25) is 5.96 Å². The summed E-state index contributed by atoms with van der Waals surface area (Å²) in [5.74, 6) is -0.0580. The number of hydrogen-bond donors (Lipinski definition) is 0. The lowest BCUT2D eigenvalue weighted by molar-refractivity contribution is -0.137. The van der Waals surface area contributed by atoms with Crippen LogP contribution in [0.2, 0.25) is 0 Å². The number of imide groups is 1. The summed E-state index contributed by atoms with van der Waals surface area (Å²) in [5, 5.41) is 0. The molecule has 7 nitrogen and oxygen atoms in total. The first kappa shape index (κ1) is 19.5. The number of aryl methyl sites for hydroxylation is 1. The van der Waals surface area contributed by atoms with Crippen molar-refractivity contribution in [3.63, 3.8) is 0 Å². The number of carbonyl (C=O) groups excluding carboxylic acids is 2. The predicted molar refractivity (Wildman–Crippen MR) is 115 cm³/mol. The molecule has 2 atom stereocenters. The largest absolute Gasteiger partial charge is 0.328 e. The second-order valence-electron chi connectivity index (χ2n) is 8.06. The minimum atomic E-state index is -0.593. The van der Waals surface area contributed by atoms with Crippen molar-refractivity contribution in [2.45, 2.75) is 32.1 Å². The van der Waals surface area contributed by atoms with E-state index in [9.17, 15) is 14.0 Å². The summed E-state index contributed by atoms with van der Waals surface area (Å²) in [6.45, 7) is 3.37. The summed E-state index contributed by atoms with van der Waals surface area (Å²) in [5.41, 5.74) is 2.59. The Bertz CT molecular complexity index is 1070. The van der Waals surface area contributed by atoms with Crippen molar-refractivity contribution in [1.29, 1.82) is 0 Å². The van der Waals surface area contributed by atoms with Crippen LogP contribution >= 0.6 is 0 Å². The molecule has 2 saturated heterocycles. The molecule has 0 spiro atoms. The maximum Gasteiger partial charge on any atom is 0.328 e. The topological polar surface area (TPSA) is 59.5 Å². The van der Waals surface area contributed by atoms with Crippen LogP contribution < -0.4 is 4.90 Å². The zero-order valence-electron chi connectivity index (χ0n) is 17.5. The highest BCUT2D eigenvalue weighted by Gasteiger charge is 2.54. The van der Waals surface area contributed by atoms with Crippen molar-refractivity contribution in [2.24, 2.45) is 4.99 Å². The lowest BCUT2D eigenvalue weighted by Gasteiger charge is -2.40. The van der Waals surface area contributed by atoms with Crippen LogP contribution in [0.4, 0.5) is 14.9 Å². The smallest absolute Gasteiger partial charge is 0.325 e. The van der Waals surface area contributed by atoms with Gasteiger partial charge in [0, 0.05) is 31.4 Å². The van der Waals surface area contributed by atoms with Gasteiger partial charge < -0.3 is 14.7 Å². The highest BCUT2D eigenvalue weighted by Crippen LogP contribution is 2.34. The molecular weight excluding hydrogens is 397 g/mol. The highest BCUT2D eigenvalue weighted by atomic mass is 19.1. The number of urea groups is 1. The van der Waals surface area contributed by atoms with Crippen LogP contribution in [0.1, 0.15) is 18.1 Å². The Morgan fingerprint density at radius 1 is 1.06 bits per heavy atom. The highest BCUT2D eigenvalue weighted by molar-refractivity contribution is 6.07. The Hall–Kier alpha value is -3.42. The molecule has 8 heteroatoms. The molecule has 3 amide bonds. The van der Waals surface area contributed by atoms with Gasteiger partial charge in [-0.2, -0.15) is 0 Å². The molecule has 2 fully saturated rings. The summed E-state index contributed by atoms with van der Waals surface area (Å²) < 4.78 is 14.2. The normalized spacial score (nSPS) is 22.7. The lowest BCUT2D eigenvalue weighted by atomic mass is 10.1. The molecule has 3 heterocycles. The third-order valence-corrected chi connectivity index (χ3v) is 6.32. The standard InChI is InChI=1S/C23H24FN5O2/c1-3-15-8-10-17(11-9-15)27-12-13-28-19-20(25-22(27)28)26(2)23(31)29(21(19)30)14-16-6-4-5-7-18(16)24/h4-11,19-20H,3,12-14H2,1-2H3. The van der Waals surface area contributed by atoms with Gasteiger partial charge in [0.25, 0.3) is 5.91 Å². The number of hydrogen-bond acceptors (Lipinski definition) is 5. The number of aliphatic imine (C=N–C) groups is 1. The average molecular weight is 421 g/mol. The molecule has 0 aliphatic carbocycles. The van der Waals surface area contributed by atoms with Gasteiger partial charge in [-0.15, -0.1) is 0 Å². The van der Waals surface area contributed by atoms with E-state index in [0.717, 1.165) is 17.0 Å².